The lowest BCUT2D eigenvalue weighted by Gasteiger charge is -2.08. The number of nitrogens with one attached hydrogen (secondary N) is 2. The summed E-state index contributed by atoms with van der Waals surface area (Å²) in [5.74, 6) is 0.339. The van der Waals surface area contributed by atoms with Crippen molar-refractivity contribution in [2.75, 3.05) is 0 Å². The summed E-state index contributed by atoms with van der Waals surface area (Å²) in [4.78, 5) is 7.20. The Morgan fingerprint density at radius 3 is 3.00 bits per heavy atom. The molecule has 4 rings (SSSR count). The number of imidazole rings is 1. The first kappa shape index (κ1) is 13.0. The van der Waals surface area contributed by atoms with Crippen molar-refractivity contribution in [3.63, 3.8) is 0 Å². The van der Waals surface area contributed by atoms with E-state index < -0.39 is 5.82 Å². The molecule has 0 aliphatic rings. The number of fused-ring (bicyclic) bond motifs is 1. The first-order valence-corrected chi connectivity index (χ1v) is 6.81. The highest BCUT2D eigenvalue weighted by Crippen LogP contribution is 2.34. The fraction of sp³-hybridized carbons (Fsp3) is 0.0769. The Morgan fingerprint density at radius 2 is 2.27 bits per heavy atom. The van der Waals surface area contributed by atoms with Gasteiger partial charge in [-0.2, -0.15) is 5.21 Å². The van der Waals surface area contributed by atoms with Gasteiger partial charge in [-0.3, -0.25) is 0 Å². The van der Waals surface area contributed by atoms with Gasteiger partial charge in [-0.05, 0) is 17.3 Å². The van der Waals surface area contributed by atoms with Crippen molar-refractivity contribution in [2.45, 2.75) is 6.54 Å². The molecule has 110 valence electrons. The molecule has 0 saturated carbocycles. The molecule has 0 saturated heterocycles. The summed E-state index contributed by atoms with van der Waals surface area (Å²) in [6, 6.07) is 3.43. The van der Waals surface area contributed by atoms with Crippen LogP contribution in [0, 0.1) is 5.82 Å². The molecule has 1 aromatic carbocycles. The smallest absolute Gasteiger partial charge is 0.209 e. The largest absolute Gasteiger partial charge is 0.347 e. The van der Waals surface area contributed by atoms with E-state index in [4.69, 9.17) is 11.6 Å². The predicted octanol–water partition coefficient (Wildman–Crippen LogP) is 2.39. The molecule has 0 bridgehead atoms. The fourth-order valence-corrected chi connectivity index (χ4v) is 2.68. The van der Waals surface area contributed by atoms with Crippen molar-refractivity contribution in [1.29, 1.82) is 0 Å². The first-order valence-electron chi connectivity index (χ1n) is 6.43. The number of hydrogen-bond acceptors (Lipinski definition) is 4. The van der Waals surface area contributed by atoms with Crippen LogP contribution in [0.5, 0.6) is 0 Å². The standard InChI is InChI=1S/C13H9ClFN7/c14-8-5-7-1-4-22(6-9-16-2-3-17-9)12(7)10(11(8)15)13-18-20-21-19-13/h1-5H,6H2,(H,16,17)(H,18,19,20,21). The number of hydrogen-bond donors (Lipinski definition) is 2. The topological polar surface area (TPSA) is 88.1 Å². The second-order valence-corrected chi connectivity index (χ2v) is 5.11. The molecule has 2 N–H and O–H groups in total. The quantitative estimate of drug-likeness (QED) is 0.607. The number of aromatic amines is 2. The molecule has 0 amide bonds. The third-order valence-electron chi connectivity index (χ3n) is 3.39. The van der Waals surface area contributed by atoms with Crippen LogP contribution in [-0.2, 0) is 6.54 Å². The minimum Gasteiger partial charge on any atom is -0.347 e. The zero-order chi connectivity index (χ0) is 15.1. The van der Waals surface area contributed by atoms with Gasteiger partial charge >= 0.3 is 0 Å². The molecular formula is C13H9ClFN7. The van der Waals surface area contributed by atoms with Gasteiger partial charge in [-0.15, -0.1) is 10.2 Å². The number of benzene rings is 1. The Morgan fingerprint density at radius 1 is 1.36 bits per heavy atom. The van der Waals surface area contributed by atoms with Gasteiger partial charge in [0.05, 0.1) is 22.6 Å². The van der Waals surface area contributed by atoms with E-state index in [1.165, 1.54) is 0 Å². The first-order chi connectivity index (χ1) is 10.7. The van der Waals surface area contributed by atoms with Crippen LogP contribution in [-0.4, -0.2) is 35.2 Å². The molecule has 3 heterocycles. The van der Waals surface area contributed by atoms with Gasteiger partial charge in [0.15, 0.2) is 5.82 Å². The van der Waals surface area contributed by atoms with Crippen LogP contribution in [0.3, 0.4) is 0 Å². The second kappa shape index (κ2) is 4.92. The fourth-order valence-electron chi connectivity index (χ4n) is 2.47. The number of nitrogens with zero attached hydrogens (tertiary/aromatic N) is 5. The monoisotopic (exact) mass is 317 g/mol. The van der Waals surface area contributed by atoms with Crippen molar-refractivity contribution in [3.05, 3.63) is 47.4 Å². The summed E-state index contributed by atoms with van der Waals surface area (Å²) in [5, 5.41) is 14.4. The highest BCUT2D eigenvalue weighted by molar-refractivity contribution is 6.32. The number of halogens is 2. The van der Waals surface area contributed by atoms with E-state index in [2.05, 4.69) is 30.6 Å². The summed E-state index contributed by atoms with van der Waals surface area (Å²) < 4.78 is 16.4. The van der Waals surface area contributed by atoms with Crippen molar-refractivity contribution in [1.82, 2.24) is 35.2 Å². The van der Waals surface area contributed by atoms with E-state index in [1.807, 2.05) is 16.8 Å². The van der Waals surface area contributed by atoms with Gasteiger partial charge in [0, 0.05) is 24.0 Å². The summed E-state index contributed by atoms with van der Waals surface area (Å²) in [6.07, 6.45) is 5.24. The van der Waals surface area contributed by atoms with Crippen LogP contribution in [0.1, 0.15) is 5.82 Å². The average molecular weight is 318 g/mol. The molecule has 0 aliphatic carbocycles. The van der Waals surface area contributed by atoms with E-state index in [0.717, 1.165) is 11.2 Å². The van der Waals surface area contributed by atoms with Gasteiger partial charge in [0.25, 0.3) is 0 Å². The van der Waals surface area contributed by atoms with Crippen molar-refractivity contribution in [2.24, 2.45) is 0 Å². The Bertz CT molecular complexity index is 927. The Kier molecular flexibility index (Phi) is 2.90. The second-order valence-electron chi connectivity index (χ2n) is 4.70. The zero-order valence-electron chi connectivity index (χ0n) is 11.1. The Balaban J connectivity index is 1.98. The van der Waals surface area contributed by atoms with E-state index in [9.17, 15) is 4.39 Å². The third-order valence-corrected chi connectivity index (χ3v) is 3.66. The number of rotatable bonds is 3. The van der Waals surface area contributed by atoms with Crippen LogP contribution in [0.2, 0.25) is 5.02 Å². The SMILES string of the molecule is Fc1c(Cl)cc2ccn(Cc3ncc[nH]3)c2c1-c1nn[nH]n1. The molecule has 0 radical (unpaired) electrons. The van der Waals surface area contributed by atoms with Crippen LogP contribution in [0.25, 0.3) is 22.3 Å². The maximum absolute atomic E-state index is 14.5. The van der Waals surface area contributed by atoms with Gasteiger partial charge in [-0.1, -0.05) is 11.6 Å². The van der Waals surface area contributed by atoms with Crippen LogP contribution < -0.4 is 0 Å². The summed E-state index contributed by atoms with van der Waals surface area (Å²) >= 11 is 5.97. The van der Waals surface area contributed by atoms with Crippen molar-refractivity contribution in [3.8, 4) is 11.4 Å². The molecule has 0 aliphatic heterocycles. The van der Waals surface area contributed by atoms with Gasteiger partial charge in [-0.25, -0.2) is 9.37 Å². The van der Waals surface area contributed by atoms with Gasteiger partial charge in [0.2, 0.25) is 5.82 Å². The number of H-pyrrole nitrogens is 2. The normalized spacial score (nSPS) is 11.4. The number of tetrazole rings is 1. The molecule has 9 heteroatoms. The van der Waals surface area contributed by atoms with E-state index >= 15 is 0 Å². The van der Waals surface area contributed by atoms with Crippen molar-refractivity contribution < 1.29 is 4.39 Å². The summed E-state index contributed by atoms with van der Waals surface area (Å²) in [5.41, 5.74) is 0.854. The summed E-state index contributed by atoms with van der Waals surface area (Å²) in [6.45, 7) is 0.461. The highest BCUT2D eigenvalue weighted by atomic mass is 35.5. The predicted molar refractivity (Wildman–Crippen MR) is 77.8 cm³/mol. The van der Waals surface area contributed by atoms with Gasteiger partial charge in [0.1, 0.15) is 5.82 Å². The van der Waals surface area contributed by atoms with Gasteiger partial charge < -0.3 is 9.55 Å². The molecule has 0 atom stereocenters. The lowest BCUT2D eigenvalue weighted by atomic mass is 10.1. The van der Waals surface area contributed by atoms with Crippen LogP contribution in [0.15, 0.2) is 30.7 Å². The lowest BCUT2D eigenvalue weighted by Crippen LogP contribution is -2.02. The van der Waals surface area contributed by atoms with E-state index in [0.29, 0.717) is 12.1 Å². The van der Waals surface area contributed by atoms with Crippen molar-refractivity contribution >= 4 is 22.5 Å². The molecular weight excluding hydrogens is 309 g/mol. The number of aromatic nitrogens is 7. The highest BCUT2D eigenvalue weighted by Gasteiger charge is 2.20. The molecule has 7 nitrogen and oxygen atoms in total. The maximum Gasteiger partial charge on any atom is 0.209 e. The van der Waals surface area contributed by atoms with E-state index in [1.54, 1.807) is 18.5 Å². The zero-order valence-corrected chi connectivity index (χ0v) is 11.8. The third kappa shape index (κ3) is 1.96. The minimum atomic E-state index is -0.574. The molecule has 0 unspecified atom stereocenters. The minimum absolute atomic E-state index is 0.0167. The molecule has 4 aromatic rings. The molecule has 0 spiro atoms. The Hall–Kier alpha value is -2.74. The summed E-state index contributed by atoms with van der Waals surface area (Å²) in [7, 11) is 0. The molecule has 22 heavy (non-hydrogen) atoms. The lowest BCUT2D eigenvalue weighted by molar-refractivity contribution is 0.630. The van der Waals surface area contributed by atoms with Crippen LogP contribution in [0.4, 0.5) is 4.39 Å². The Labute approximate surface area is 128 Å². The van der Waals surface area contributed by atoms with E-state index in [-0.39, 0.29) is 16.4 Å². The molecule has 3 aromatic heterocycles. The average Bonchev–Trinajstić information content (AvgIpc) is 3.24. The van der Waals surface area contributed by atoms with Crippen LogP contribution >= 0.6 is 11.6 Å². The maximum atomic E-state index is 14.5. The molecule has 0 fully saturated rings.